The summed E-state index contributed by atoms with van der Waals surface area (Å²) < 4.78 is 0. The molecule has 2 fully saturated rings. The van der Waals surface area contributed by atoms with Gasteiger partial charge in [0.2, 0.25) is 0 Å². The first-order valence-corrected chi connectivity index (χ1v) is 12.2. The van der Waals surface area contributed by atoms with Crippen molar-refractivity contribution >= 4 is 75.8 Å². The van der Waals surface area contributed by atoms with E-state index in [1.54, 1.807) is 53.1 Å². The maximum atomic E-state index is 13.2. The number of para-hydroxylation sites is 1. The number of nitrogens with one attached hydrogen (secondary N) is 1. The number of carbonyl (C=O) groups is 2. The van der Waals surface area contributed by atoms with Gasteiger partial charge in [0.25, 0.3) is 5.91 Å². The first-order valence-electron chi connectivity index (χ1n) is 9.72. The van der Waals surface area contributed by atoms with Crippen molar-refractivity contribution in [3.63, 3.8) is 0 Å². The zero-order valence-electron chi connectivity index (χ0n) is 16.3. The average molecular weight is 519 g/mol. The van der Waals surface area contributed by atoms with Crippen LogP contribution >= 0.6 is 58.2 Å². The Bertz CT molecular complexity index is 1010. The summed E-state index contributed by atoms with van der Waals surface area (Å²) in [6, 6.07) is 9.77. The van der Waals surface area contributed by atoms with Crippen molar-refractivity contribution in [1.82, 2.24) is 9.80 Å². The molecule has 0 unspecified atom stereocenters. The van der Waals surface area contributed by atoms with Crippen LogP contribution in [0.4, 0.5) is 10.5 Å². The number of likely N-dealkylation sites (tertiary alicyclic amines) is 1. The molecule has 31 heavy (non-hydrogen) atoms. The number of hydrogen-bond donors (Lipinski definition) is 1. The molecule has 3 amide bonds. The van der Waals surface area contributed by atoms with Crippen LogP contribution in [-0.4, -0.2) is 52.0 Å². The van der Waals surface area contributed by atoms with Gasteiger partial charge in [-0.05, 0) is 43.2 Å². The van der Waals surface area contributed by atoms with E-state index in [0.29, 0.717) is 63.8 Å². The van der Waals surface area contributed by atoms with Crippen LogP contribution in [0.25, 0.3) is 0 Å². The maximum absolute atomic E-state index is 13.2. The molecular formula is C21H19Cl4N3O2S. The molecule has 2 aliphatic rings. The van der Waals surface area contributed by atoms with Crippen molar-refractivity contribution in [2.45, 2.75) is 17.7 Å². The molecule has 10 heteroatoms. The quantitative estimate of drug-likeness (QED) is 0.492. The van der Waals surface area contributed by atoms with Gasteiger partial charge in [0.1, 0.15) is 0 Å². The Hall–Kier alpha value is -1.31. The highest BCUT2D eigenvalue weighted by Gasteiger charge is 2.47. The smallest absolute Gasteiger partial charge is 0.321 e. The predicted octanol–water partition coefficient (Wildman–Crippen LogP) is 6.51. The topological polar surface area (TPSA) is 52.7 Å². The molecule has 2 aromatic rings. The Morgan fingerprint density at radius 1 is 0.903 bits per heavy atom. The van der Waals surface area contributed by atoms with Gasteiger partial charge >= 0.3 is 6.03 Å². The summed E-state index contributed by atoms with van der Waals surface area (Å²) in [7, 11) is 0. The number of benzene rings is 2. The fourth-order valence-corrected chi connectivity index (χ4v) is 6.20. The minimum absolute atomic E-state index is 0.0654. The summed E-state index contributed by atoms with van der Waals surface area (Å²) in [6.45, 7) is 1.70. The second-order valence-electron chi connectivity index (χ2n) is 7.39. The maximum Gasteiger partial charge on any atom is 0.321 e. The van der Waals surface area contributed by atoms with Crippen LogP contribution in [0.3, 0.4) is 0 Å². The molecule has 5 nitrogen and oxygen atoms in total. The Morgan fingerprint density at radius 2 is 1.58 bits per heavy atom. The van der Waals surface area contributed by atoms with Crippen molar-refractivity contribution in [2.24, 2.45) is 0 Å². The van der Waals surface area contributed by atoms with Gasteiger partial charge in [-0.3, -0.25) is 4.79 Å². The highest BCUT2D eigenvalue weighted by Crippen LogP contribution is 2.45. The summed E-state index contributed by atoms with van der Waals surface area (Å²) in [5.74, 6) is 0.790. The number of nitrogens with zero attached hydrogens (tertiary/aromatic N) is 2. The molecule has 0 aromatic heterocycles. The van der Waals surface area contributed by atoms with Crippen molar-refractivity contribution in [2.75, 3.05) is 30.7 Å². The summed E-state index contributed by atoms with van der Waals surface area (Å²) in [5.41, 5.74) is 0.924. The van der Waals surface area contributed by atoms with Gasteiger partial charge in [0.05, 0.1) is 30.6 Å². The molecule has 2 saturated heterocycles. The van der Waals surface area contributed by atoms with Crippen molar-refractivity contribution in [3.8, 4) is 0 Å². The van der Waals surface area contributed by atoms with Gasteiger partial charge in [-0.15, -0.1) is 11.8 Å². The number of amides is 3. The van der Waals surface area contributed by atoms with E-state index in [1.165, 1.54) is 0 Å². The normalized spacial score (nSPS) is 17.8. The number of piperidine rings is 1. The SMILES string of the molecule is O=C(Nc1c(Cl)cccc1Cl)N1CCC2(CC1)SCCN2C(=O)c1ccc(Cl)c(Cl)c1. The number of thioether (sulfide) groups is 1. The molecule has 2 heterocycles. The van der Waals surface area contributed by atoms with Crippen LogP contribution in [0.1, 0.15) is 23.2 Å². The Labute approximate surface area is 204 Å². The van der Waals surface area contributed by atoms with Gasteiger partial charge in [-0.25, -0.2) is 4.79 Å². The lowest BCUT2D eigenvalue weighted by molar-refractivity contribution is 0.0585. The van der Waals surface area contributed by atoms with Crippen molar-refractivity contribution < 1.29 is 9.59 Å². The summed E-state index contributed by atoms with van der Waals surface area (Å²) in [6.07, 6.45) is 1.35. The molecule has 164 valence electrons. The molecule has 0 atom stereocenters. The number of anilines is 1. The molecule has 4 rings (SSSR count). The lowest BCUT2D eigenvalue weighted by Crippen LogP contribution is -2.54. The zero-order valence-corrected chi connectivity index (χ0v) is 20.2. The number of rotatable bonds is 2. The molecule has 0 bridgehead atoms. The third kappa shape index (κ3) is 4.60. The molecule has 1 spiro atoms. The van der Waals surface area contributed by atoms with Gasteiger partial charge in [-0.1, -0.05) is 52.5 Å². The molecule has 2 aliphatic heterocycles. The van der Waals surface area contributed by atoms with E-state index in [-0.39, 0.29) is 16.8 Å². The Balaban J connectivity index is 1.44. The highest BCUT2D eigenvalue weighted by atomic mass is 35.5. The average Bonchev–Trinajstić information content (AvgIpc) is 3.15. The molecule has 0 aliphatic carbocycles. The Kier molecular flexibility index (Phi) is 6.85. The monoisotopic (exact) mass is 517 g/mol. The molecule has 0 radical (unpaired) electrons. The summed E-state index contributed by atoms with van der Waals surface area (Å²) >= 11 is 26.2. The Morgan fingerprint density at radius 3 is 2.23 bits per heavy atom. The fraction of sp³-hybridized carbons (Fsp3) is 0.333. The summed E-state index contributed by atoms with van der Waals surface area (Å²) in [4.78, 5) is 29.3. The van der Waals surface area contributed by atoms with Crippen LogP contribution in [0, 0.1) is 0 Å². The fourth-order valence-electron chi connectivity index (χ4n) is 3.96. The number of urea groups is 1. The van der Waals surface area contributed by atoms with Crippen LogP contribution in [-0.2, 0) is 0 Å². The lowest BCUT2D eigenvalue weighted by Gasteiger charge is -2.44. The number of hydrogen-bond acceptors (Lipinski definition) is 3. The standard InChI is InChI=1S/C21H19Cl4N3O2S/c22-14-5-4-13(12-17(14)25)19(29)28-10-11-31-21(28)6-8-27(9-7-21)20(30)26-18-15(23)2-1-3-16(18)24/h1-5,12H,6-11H2,(H,26,30). The van der Waals surface area contributed by atoms with Gasteiger partial charge < -0.3 is 15.1 Å². The van der Waals surface area contributed by atoms with Crippen LogP contribution in [0.15, 0.2) is 36.4 Å². The van der Waals surface area contributed by atoms with Crippen molar-refractivity contribution in [3.05, 3.63) is 62.1 Å². The third-order valence-electron chi connectivity index (χ3n) is 5.62. The van der Waals surface area contributed by atoms with E-state index in [4.69, 9.17) is 46.4 Å². The minimum Gasteiger partial charge on any atom is -0.324 e. The third-order valence-corrected chi connectivity index (χ3v) is 8.54. The molecule has 2 aromatic carbocycles. The first-order chi connectivity index (χ1) is 14.8. The van der Waals surface area contributed by atoms with Crippen molar-refractivity contribution in [1.29, 1.82) is 0 Å². The second kappa shape index (κ2) is 9.28. The number of halogens is 4. The first kappa shape index (κ1) is 22.9. The molecule has 0 saturated carbocycles. The number of carbonyl (C=O) groups excluding carboxylic acids is 2. The van der Waals surface area contributed by atoms with Crippen LogP contribution in [0.2, 0.25) is 20.1 Å². The molecular weight excluding hydrogens is 500 g/mol. The zero-order chi connectivity index (χ0) is 22.2. The van der Waals surface area contributed by atoms with E-state index >= 15 is 0 Å². The van der Waals surface area contributed by atoms with Gasteiger partial charge in [0.15, 0.2) is 0 Å². The van der Waals surface area contributed by atoms with E-state index in [9.17, 15) is 9.59 Å². The highest BCUT2D eigenvalue weighted by molar-refractivity contribution is 8.00. The van der Waals surface area contributed by atoms with Crippen LogP contribution < -0.4 is 5.32 Å². The van der Waals surface area contributed by atoms with Gasteiger partial charge in [-0.2, -0.15) is 0 Å². The minimum atomic E-state index is -0.331. The van der Waals surface area contributed by atoms with Gasteiger partial charge in [0, 0.05) is 31.0 Å². The van der Waals surface area contributed by atoms with E-state index < -0.39 is 0 Å². The predicted molar refractivity (Wildman–Crippen MR) is 129 cm³/mol. The van der Waals surface area contributed by atoms with E-state index in [0.717, 1.165) is 5.75 Å². The lowest BCUT2D eigenvalue weighted by atomic mass is 10.0. The van der Waals surface area contributed by atoms with E-state index in [1.807, 2.05) is 4.90 Å². The van der Waals surface area contributed by atoms with Crippen LogP contribution in [0.5, 0.6) is 0 Å². The van der Waals surface area contributed by atoms with E-state index in [2.05, 4.69) is 5.32 Å². The largest absolute Gasteiger partial charge is 0.324 e. The second-order valence-corrected chi connectivity index (χ2v) is 10.5. The summed E-state index contributed by atoms with van der Waals surface area (Å²) in [5, 5.41) is 4.36. The molecule has 1 N–H and O–H groups in total.